The Hall–Kier alpha value is -3.16. The monoisotopic (exact) mass is 351 g/mol. The van der Waals surface area contributed by atoms with Crippen LogP contribution in [0.15, 0.2) is 36.4 Å². The van der Waals surface area contributed by atoms with E-state index in [1.54, 1.807) is 12.1 Å². The first-order valence-electron chi connectivity index (χ1n) is 7.08. The molecule has 0 atom stereocenters. The number of hydrogen-bond acceptors (Lipinski definition) is 5. The van der Waals surface area contributed by atoms with Gasteiger partial charge in [0.2, 0.25) is 0 Å². The SMILES string of the molecule is COc1ccc(OC)c(NC(=O)COC(=O)c2cc(F)cc(F)c2)c1. The second-order valence-corrected chi connectivity index (χ2v) is 4.85. The van der Waals surface area contributed by atoms with Gasteiger partial charge in [-0.05, 0) is 24.3 Å². The molecule has 0 aromatic heterocycles. The second-order valence-electron chi connectivity index (χ2n) is 4.85. The van der Waals surface area contributed by atoms with E-state index in [1.807, 2.05) is 0 Å². The maximum atomic E-state index is 13.1. The molecule has 25 heavy (non-hydrogen) atoms. The van der Waals surface area contributed by atoms with Crippen LogP contribution in [0.2, 0.25) is 0 Å². The number of carbonyl (C=O) groups excluding carboxylic acids is 2. The molecular weight excluding hydrogens is 336 g/mol. The fourth-order valence-electron chi connectivity index (χ4n) is 1.98. The summed E-state index contributed by atoms with van der Waals surface area (Å²) in [6.07, 6.45) is 0. The van der Waals surface area contributed by atoms with Crippen molar-refractivity contribution in [3.63, 3.8) is 0 Å². The van der Waals surface area contributed by atoms with Crippen LogP contribution in [-0.2, 0) is 9.53 Å². The van der Waals surface area contributed by atoms with Crippen LogP contribution < -0.4 is 14.8 Å². The standard InChI is InChI=1S/C17H15F2NO5/c1-23-13-3-4-15(24-2)14(8-13)20-16(21)9-25-17(22)10-5-11(18)7-12(19)6-10/h3-8H,9H2,1-2H3,(H,20,21). The Morgan fingerprint density at radius 2 is 1.68 bits per heavy atom. The minimum absolute atomic E-state index is 0.319. The Morgan fingerprint density at radius 3 is 2.28 bits per heavy atom. The predicted octanol–water partition coefficient (Wildman–Crippen LogP) is 2.78. The van der Waals surface area contributed by atoms with Gasteiger partial charge in [0.05, 0.1) is 25.5 Å². The van der Waals surface area contributed by atoms with Crippen LogP contribution >= 0.6 is 0 Å². The van der Waals surface area contributed by atoms with Gasteiger partial charge in [0.1, 0.15) is 23.1 Å². The molecule has 2 aromatic carbocycles. The lowest BCUT2D eigenvalue weighted by Crippen LogP contribution is -2.21. The first kappa shape index (κ1) is 18.2. The number of anilines is 1. The maximum absolute atomic E-state index is 13.1. The first-order valence-corrected chi connectivity index (χ1v) is 7.08. The topological polar surface area (TPSA) is 73.9 Å². The molecule has 6 nitrogen and oxygen atoms in total. The van der Waals surface area contributed by atoms with Gasteiger partial charge < -0.3 is 19.5 Å². The first-order chi connectivity index (χ1) is 11.9. The summed E-state index contributed by atoms with van der Waals surface area (Å²) in [4.78, 5) is 23.7. The molecule has 0 radical (unpaired) electrons. The molecule has 0 unspecified atom stereocenters. The number of nitrogens with one attached hydrogen (secondary N) is 1. The zero-order valence-electron chi connectivity index (χ0n) is 13.5. The van der Waals surface area contributed by atoms with Gasteiger partial charge in [0.25, 0.3) is 5.91 Å². The third-order valence-corrected chi connectivity index (χ3v) is 3.11. The lowest BCUT2D eigenvalue weighted by Gasteiger charge is -2.12. The molecule has 0 aliphatic heterocycles. The van der Waals surface area contributed by atoms with Crippen LogP contribution in [-0.4, -0.2) is 32.7 Å². The molecule has 0 saturated heterocycles. The zero-order chi connectivity index (χ0) is 18.4. The second kappa shape index (κ2) is 8.09. The highest BCUT2D eigenvalue weighted by Crippen LogP contribution is 2.28. The maximum Gasteiger partial charge on any atom is 0.338 e. The van der Waals surface area contributed by atoms with Crippen LogP contribution in [0.4, 0.5) is 14.5 Å². The molecule has 0 bridgehead atoms. The number of benzene rings is 2. The van der Waals surface area contributed by atoms with Crippen molar-refractivity contribution in [3.05, 3.63) is 53.6 Å². The molecule has 2 rings (SSSR count). The number of carbonyl (C=O) groups is 2. The zero-order valence-corrected chi connectivity index (χ0v) is 13.5. The Bertz CT molecular complexity index is 774. The van der Waals surface area contributed by atoms with Crippen LogP contribution in [0, 0.1) is 11.6 Å². The summed E-state index contributed by atoms with van der Waals surface area (Å²) >= 11 is 0. The molecule has 132 valence electrons. The van der Waals surface area contributed by atoms with Gasteiger partial charge in [-0.15, -0.1) is 0 Å². The summed E-state index contributed by atoms with van der Waals surface area (Å²) in [6.45, 7) is -0.642. The number of hydrogen-bond donors (Lipinski definition) is 1. The summed E-state index contributed by atoms with van der Waals surface area (Å²) in [5, 5.41) is 2.50. The number of esters is 1. The van der Waals surface area contributed by atoms with Crippen molar-refractivity contribution in [1.29, 1.82) is 0 Å². The van der Waals surface area contributed by atoms with E-state index in [-0.39, 0.29) is 5.56 Å². The number of methoxy groups -OCH3 is 2. The normalized spacial score (nSPS) is 10.1. The van der Waals surface area contributed by atoms with Crippen molar-refractivity contribution in [2.75, 3.05) is 26.1 Å². The molecule has 1 amide bonds. The van der Waals surface area contributed by atoms with Crippen LogP contribution in [0.5, 0.6) is 11.5 Å². The lowest BCUT2D eigenvalue weighted by atomic mass is 10.2. The Kier molecular flexibility index (Phi) is 5.89. The van der Waals surface area contributed by atoms with Crippen molar-refractivity contribution >= 4 is 17.6 Å². The molecule has 2 aromatic rings. The summed E-state index contributed by atoms with van der Waals surface area (Å²) in [5.41, 5.74) is -0.0102. The average Bonchev–Trinajstić information content (AvgIpc) is 2.58. The van der Waals surface area contributed by atoms with Crippen molar-refractivity contribution in [1.82, 2.24) is 0 Å². The third-order valence-electron chi connectivity index (χ3n) is 3.11. The van der Waals surface area contributed by atoms with E-state index in [0.717, 1.165) is 12.1 Å². The largest absolute Gasteiger partial charge is 0.497 e. The van der Waals surface area contributed by atoms with Gasteiger partial charge in [-0.25, -0.2) is 13.6 Å². The van der Waals surface area contributed by atoms with Crippen molar-refractivity contribution in [3.8, 4) is 11.5 Å². The molecule has 0 aliphatic carbocycles. The Labute approximate surface area is 142 Å². The van der Waals surface area contributed by atoms with Crippen molar-refractivity contribution in [2.45, 2.75) is 0 Å². The number of amides is 1. The fraction of sp³-hybridized carbons (Fsp3) is 0.176. The number of rotatable bonds is 6. The van der Waals surface area contributed by atoms with Crippen molar-refractivity contribution in [2.24, 2.45) is 0 Å². The van der Waals surface area contributed by atoms with E-state index in [0.29, 0.717) is 23.3 Å². The van der Waals surface area contributed by atoms with Crippen LogP contribution in [0.1, 0.15) is 10.4 Å². The highest BCUT2D eigenvalue weighted by molar-refractivity contribution is 5.96. The number of ether oxygens (including phenoxy) is 3. The van der Waals surface area contributed by atoms with Crippen LogP contribution in [0.25, 0.3) is 0 Å². The number of halogens is 2. The molecule has 0 fully saturated rings. The van der Waals surface area contributed by atoms with Gasteiger partial charge in [-0.2, -0.15) is 0 Å². The molecule has 0 heterocycles. The molecular formula is C17H15F2NO5. The lowest BCUT2D eigenvalue weighted by molar-refractivity contribution is -0.119. The minimum atomic E-state index is -1.02. The predicted molar refractivity (Wildman–Crippen MR) is 84.8 cm³/mol. The third kappa shape index (κ3) is 4.90. The van der Waals surface area contributed by atoms with Gasteiger partial charge >= 0.3 is 5.97 Å². The van der Waals surface area contributed by atoms with E-state index in [1.165, 1.54) is 20.3 Å². The van der Waals surface area contributed by atoms with E-state index in [9.17, 15) is 18.4 Å². The summed E-state index contributed by atoms with van der Waals surface area (Å²) in [7, 11) is 2.89. The quantitative estimate of drug-likeness (QED) is 0.810. The summed E-state index contributed by atoms with van der Waals surface area (Å²) in [6, 6.07) is 7.02. The van der Waals surface area contributed by atoms with E-state index >= 15 is 0 Å². The molecule has 0 spiro atoms. The molecule has 8 heteroatoms. The van der Waals surface area contributed by atoms with Gasteiger partial charge in [-0.3, -0.25) is 4.79 Å². The summed E-state index contributed by atoms with van der Waals surface area (Å²) < 4.78 is 41.1. The minimum Gasteiger partial charge on any atom is -0.497 e. The fourth-order valence-corrected chi connectivity index (χ4v) is 1.98. The highest BCUT2D eigenvalue weighted by atomic mass is 19.1. The van der Waals surface area contributed by atoms with E-state index in [2.05, 4.69) is 5.32 Å². The Balaban J connectivity index is 2.00. The summed E-state index contributed by atoms with van der Waals surface area (Å²) in [5.74, 6) is -2.64. The van der Waals surface area contributed by atoms with Crippen LogP contribution in [0.3, 0.4) is 0 Å². The molecule has 1 N–H and O–H groups in total. The smallest absolute Gasteiger partial charge is 0.338 e. The van der Waals surface area contributed by atoms with Gasteiger partial charge in [-0.1, -0.05) is 0 Å². The van der Waals surface area contributed by atoms with E-state index in [4.69, 9.17) is 14.2 Å². The highest BCUT2D eigenvalue weighted by Gasteiger charge is 2.14. The van der Waals surface area contributed by atoms with E-state index < -0.39 is 30.1 Å². The molecule has 0 saturated carbocycles. The van der Waals surface area contributed by atoms with Gasteiger partial charge in [0, 0.05) is 12.1 Å². The van der Waals surface area contributed by atoms with Crippen molar-refractivity contribution < 1.29 is 32.6 Å². The molecule has 0 aliphatic rings. The van der Waals surface area contributed by atoms with Gasteiger partial charge in [0.15, 0.2) is 6.61 Å². The average molecular weight is 351 g/mol. The Morgan fingerprint density at radius 1 is 1.00 bits per heavy atom.